The van der Waals surface area contributed by atoms with Crippen LogP contribution in [-0.2, 0) is 0 Å². The average molecular weight is 338 g/mol. The summed E-state index contributed by atoms with van der Waals surface area (Å²) < 4.78 is 2.38. The number of carbonyl (C=O) groups is 1. The van der Waals surface area contributed by atoms with Crippen LogP contribution < -0.4 is 5.32 Å². The lowest BCUT2D eigenvalue weighted by Gasteiger charge is -2.04. The summed E-state index contributed by atoms with van der Waals surface area (Å²) in [4.78, 5) is 12.7. The molecular weight excluding hydrogens is 330 g/mol. The first-order valence-corrected chi connectivity index (χ1v) is 7.01. The molecule has 0 aliphatic heterocycles. The molecule has 0 unspecified atom stereocenters. The molecule has 0 radical (unpaired) electrons. The number of aromatic nitrogens is 4. The summed E-state index contributed by atoms with van der Waals surface area (Å²) in [5.41, 5.74) is 0.704. The number of hydrogen-bond donors (Lipinski definition) is 1. The van der Waals surface area contributed by atoms with E-state index in [9.17, 15) is 4.79 Å². The van der Waals surface area contributed by atoms with Gasteiger partial charge in [0.25, 0.3) is 5.91 Å². The summed E-state index contributed by atoms with van der Waals surface area (Å²) in [6.45, 7) is 1.79. The molecule has 2 heterocycles. The van der Waals surface area contributed by atoms with Gasteiger partial charge in [-0.1, -0.05) is 23.5 Å². The third kappa shape index (κ3) is 2.24. The number of fused-ring (bicyclic) bond motifs is 1. The van der Waals surface area contributed by atoms with Crippen molar-refractivity contribution in [2.45, 2.75) is 6.92 Å². The summed E-state index contributed by atoms with van der Waals surface area (Å²) in [7, 11) is 0. The van der Waals surface area contributed by atoms with E-state index >= 15 is 0 Å². The van der Waals surface area contributed by atoms with Crippen LogP contribution in [0, 0.1) is 6.92 Å². The summed E-state index contributed by atoms with van der Waals surface area (Å²) in [5, 5.41) is 15.1. The van der Waals surface area contributed by atoms with Crippen LogP contribution in [0.15, 0.2) is 28.7 Å². The number of anilines is 1. The average Bonchev–Trinajstić information content (AvgIpc) is 2.95. The number of amides is 1. The molecular formula is C11H8BrN5OS. The third-order valence-electron chi connectivity index (χ3n) is 2.46. The van der Waals surface area contributed by atoms with Crippen molar-refractivity contribution in [3.8, 4) is 0 Å². The first-order valence-electron chi connectivity index (χ1n) is 5.40. The Bertz CT molecular complexity index is 765. The van der Waals surface area contributed by atoms with E-state index in [2.05, 4.69) is 36.5 Å². The van der Waals surface area contributed by atoms with Gasteiger partial charge in [-0.3, -0.25) is 4.79 Å². The fourth-order valence-corrected chi connectivity index (χ4v) is 2.71. The Labute approximate surface area is 120 Å². The van der Waals surface area contributed by atoms with Crippen LogP contribution in [-0.4, -0.2) is 25.7 Å². The van der Waals surface area contributed by atoms with Gasteiger partial charge < -0.3 is 5.32 Å². The number of carbonyl (C=O) groups excluding carboxylic acids is 1. The molecule has 0 saturated carbocycles. The van der Waals surface area contributed by atoms with Crippen molar-refractivity contribution in [1.82, 2.24) is 19.8 Å². The molecule has 1 aromatic carbocycles. The predicted molar refractivity (Wildman–Crippen MR) is 75.5 cm³/mol. The number of hydrogen-bond acceptors (Lipinski definition) is 5. The lowest BCUT2D eigenvalue weighted by Crippen LogP contribution is -2.12. The molecule has 0 bridgehead atoms. The zero-order valence-electron chi connectivity index (χ0n) is 9.79. The van der Waals surface area contributed by atoms with Gasteiger partial charge in [0.2, 0.25) is 9.97 Å². The molecule has 1 N–H and O–H groups in total. The highest BCUT2D eigenvalue weighted by molar-refractivity contribution is 9.10. The van der Waals surface area contributed by atoms with Gasteiger partial charge >= 0.3 is 0 Å². The monoisotopic (exact) mass is 337 g/mol. The molecule has 0 saturated heterocycles. The molecule has 0 aliphatic rings. The number of benzene rings is 1. The lowest BCUT2D eigenvalue weighted by atomic mass is 10.3. The Hall–Kier alpha value is -1.80. The minimum atomic E-state index is -0.262. The smallest absolute Gasteiger partial charge is 0.286 e. The number of aryl methyl sites for hydroxylation is 1. The molecule has 8 heteroatoms. The number of halogens is 1. The van der Waals surface area contributed by atoms with Crippen LogP contribution in [0.25, 0.3) is 4.96 Å². The van der Waals surface area contributed by atoms with Gasteiger partial charge in [-0.25, -0.2) is 0 Å². The lowest BCUT2D eigenvalue weighted by molar-refractivity contribution is 0.102. The molecule has 3 aromatic rings. The summed E-state index contributed by atoms with van der Waals surface area (Å²) in [6.07, 6.45) is 0. The van der Waals surface area contributed by atoms with Crippen LogP contribution in [0.5, 0.6) is 0 Å². The van der Waals surface area contributed by atoms with Crippen molar-refractivity contribution in [2.24, 2.45) is 0 Å². The van der Waals surface area contributed by atoms with Gasteiger partial charge in [-0.2, -0.15) is 4.52 Å². The van der Waals surface area contributed by atoms with Crippen LogP contribution in [0.4, 0.5) is 5.69 Å². The molecule has 19 heavy (non-hydrogen) atoms. The number of para-hydroxylation sites is 1. The van der Waals surface area contributed by atoms with Crippen LogP contribution in [0.2, 0.25) is 0 Å². The second-order valence-electron chi connectivity index (χ2n) is 3.78. The minimum Gasteiger partial charge on any atom is -0.319 e. The van der Waals surface area contributed by atoms with Crippen LogP contribution >= 0.6 is 27.3 Å². The highest BCUT2D eigenvalue weighted by Gasteiger charge is 2.16. The number of nitrogens with one attached hydrogen (secondary N) is 1. The number of nitrogens with zero attached hydrogens (tertiary/aromatic N) is 4. The van der Waals surface area contributed by atoms with E-state index in [1.165, 1.54) is 11.3 Å². The van der Waals surface area contributed by atoms with E-state index in [0.29, 0.717) is 21.5 Å². The van der Waals surface area contributed by atoms with E-state index in [-0.39, 0.29) is 5.91 Å². The molecule has 0 aliphatic carbocycles. The fraction of sp³-hybridized carbons (Fsp3) is 0.0909. The van der Waals surface area contributed by atoms with Gasteiger partial charge in [0.1, 0.15) is 0 Å². The zero-order chi connectivity index (χ0) is 13.4. The SMILES string of the molecule is Cc1nnc2sc(C(=O)Nc3ccccc3Br)nn12. The van der Waals surface area contributed by atoms with Gasteiger partial charge in [0, 0.05) is 4.47 Å². The fourth-order valence-electron chi connectivity index (χ4n) is 1.54. The Morgan fingerprint density at radius 3 is 2.89 bits per heavy atom. The van der Waals surface area contributed by atoms with Gasteiger partial charge in [-0.15, -0.1) is 15.3 Å². The minimum absolute atomic E-state index is 0.262. The van der Waals surface area contributed by atoms with E-state index in [4.69, 9.17) is 0 Å². The summed E-state index contributed by atoms with van der Waals surface area (Å²) >= 11 is 4.58. The first-order chi connectivity index (χ1) is 9.15. The molecule has 0 atom stereocenters. The van der Waals surface area contributed by atoms with E-state index in [1.54, 1.807) is 11.4 Å². The van der Waals surface area contributed by atoms with Gasteiger partial charge in [-0.05, 0) is 35.0 Å². The second-order valence-corrected chi connectivity index (χ2v) is 5.59. The van der Waals surface area contributed by atoms with Gasteiger partial charge in [0.05, 0.1) is 5.69 Å². The van der Waals surface area contributed by atoms with Crippen molar-refractivity contribution in [2.75, 3.05) is 5.32 Å². The van der Waals surface area contributed by atoms with E-state index in [1.807, 2.05) is 24.3 Å². The summed E-state index contributed by atoms with van der Waals surface area (Å²) in [5.74, 6) is 0.396. The molecule has 1 amide bonds. The molecule has 3 rings (SSSR count). The number of rotatable bonds is 2. The van der Waals surface area contributed by atoms with E-state index in [0.717, 1.165) is 4.47 Å². The van der Waals surface area contributed by atoms with Crippen LogP contribution in [0.3, 0.4) is 0 Å². The molecule has 0 spiro atoms. The summed E-state index contributed by atoms with van der Waals surface area (Å²) in [6, 6.07) is 7.40. The quantitative estimate of drug-likeness (QED) is 0.779. The normalized spacial score (nSPS) is 10.8. The third-order valence-corrected chi connectivity index (χ3v) is 4.05. The maximum atomic E-state index is 12.1. The topological polar surface area (TPSA) is 72.2 Å². The highest BCUT2D eigenvalue weighted by atomic mass is 79.9. The molecule has 0 fully saturated rings. The second kappa shape index (κ2) is 4.71. The van der Waals surface area contributed by atoms with Crippen molar-refractivity contribution in [1.29, 1.82) is 0 Å². The van der Waals surface area contributed by atoms with Crippen LogP contribution in [0.1, 0.15) is 15.6 Å². The maximum Gasteiger partial charge on any atom is 0.286 e. The van der Waals surface area contributed by atoms with Crippen molar-refractivity contribution in [3.63, 3.8) is 0 Å². The van der Waals surface area contributed by atoms with E-state index < -0.39 is 0 Å². The Morgan fingerprint density at radius 1 is 1.37 bits per heavy atom. The van der Waals surface area contributed by atoms with Crippen molar-refractivity contribution < 1.29 is 4.79 Å². The van der Waals surface area contributed by atoms with Crippen molar-refractivity contribution in [3.05, 3.63) is 39.6 Å². The van der Waals surface area contributed by atoms with Crippen molar-refractivity contribution >= 4 is 43.8 Å². The largest absolute Gasteiger partial charge is 0.319 e. The zero-order valence-corrected chi connectivity index (χ0v) is 12.2. The molecule has 6 nitrogen and oxygen atoms in total. The molecule has 2 aromatic heterocycles. The predicted octanol–water partition coefficient (Wildman–Crippen LogP) is 2.51. The Balaban J connectivity index is 1.90. The standard InChI is InChI=1S/C11H8BrN5OS/c1-6-14-15-11-17(6)16-10(19-11)9(18)13-8-5-3-2-4-7(8)12/h2-5H,1H3,(H,13,18). The highest BCUT2D eigenvalue weighted by Crippen LogP contribution is 2.22. The van der Waals surface area contributed by atoms with Gasteiger partial charge in [0.15, 0.2) is 5.82 Å². The first kappa shape index (κ1) is 12.2. The Kier molecular flexibility index (Phi) is 3.03. The Morgan fingerprint density at radius 2 is 2.16 bits per heavy atom. The maximum absolute atomic E-state index is 12.1. The molecule has 96 valence electrons.